The minimum absolute atomic E-state index is 0.181. The number of halogens is 1. The molecule has 1 heterocycles. The maximum absolute atomic E-state index is 12.4. The molecule has 132 valence electrons. The Bertz CT molecular complexity index is 905. The molecule has 1 aromatic heterocycles. The zero-order chi connectivity index (χ0) is 18.5. The lowest BCUT2D eigenvalue weighted by atomic mass is 10.1. The molecule has 0 aliphatic heterocycles. The van der Waals surface area contributed by atoms with Crippen LogP contribution in [0.3, 0.4) is 0 Å². The predicted octanol–water partition coefficient (Wildman–Crippen LogP) is 4.68. The first kappa shape index (κ1) is 17.8. The van der Waals surface area contributed by atoms with Gasteiger partial charge in [-0.05, 0) is 61.0 Å². The van der Waals surface area contributed by atoms with Crippen LogP contribution < -0.4 is 10.6 Å². The third-order valence-corrected chi connectivity index (χ3v) is 4.08. The Morgan fingerprint density at radius 3 is 2.42 bits per heavy atom. The molecule has 2 amide bonds. The fourth-order valence-corrected chi connectivity index (χ4v) is 2.64. The fourth-order valence-electron chi connectivity index (χ4n) is 2.44. The SMILES string of the molecule is CC(NC(=O)c1ccc(NC(=O)c2ccco2)cc1)c1cccc(Cl)c1. The van der Waals surface area contributed by atoms with E-state index in [1.165, 1.54) is 6.26 Å². The number of hydrogen-bond acceptors (Lipinski definition) is 3. The number of benzene rings is 2. The molecule has 2 N–H and O–H groups in total. The minimum Gasteiger partial charge on any atom is -0.459 e. The van der Waals surface area contributed by atoms with Crippen molar-refractivity contribution >= 4 is 29.1 Å². The van der Waals surface area contributed by atoms with Crippen molar-refractivity contribution < 1.29 is 14.0 Å². The molecule has 0 aliphatic carbocycles. The largest absolute Gasteiger partial charge is 0.459 e. The van der Waals surface area contributed by atoms with Gasteiger partial charge in [0.2, 0.25) is 0 Å². The van der Waals surface area contributed by atoms with Gasteiger partial charge in [-0.1, -0.05) is 23.7 Å². The second-order valence-electron chi connectivity index (χ2n) is 5.76. The van der Waals surface area contributed by atoms with Crippen LogP contribution >= 0.6 is 11.6 Å². The lowest BCUT2D eigenvalue weighted by Gasteiger charge is -2.15. The average molecular weight is 369 g/mol. The van der Waals surface area contributed by atoms with Crippen LogP contribution in [0.2, 0.25) is 5.02 Å². The maximum atomic E-state index is 12.4. The number of anilines is 1. The number of rotatable bonds is 5. The summed E-state index contributed by atoms with van der Waals surface area (Å²) in [5, 5.41) is 6.25. The molecule has 6 heteroatoms. The summed E-state index contributed by atoms with van der Waals surface area (Å²) in [6, 6.07) is 17.0. The Hall–Kier alpha value is -3.05. The molecule has 5 nitrogen and oxygen atoms in total. The van der Waals surface area contributed by atoms with Gasteiger partial charge in [0.25, 0.3) is 11.8 Å². The molecule has 1 unspecified atom stereocenters. The lowest BCUT2D eigenvalue weighted by molar-refractivity contribution is 0.0939. The van der Waals surface area contributed by atoms with E-state index in [2.05, 4.69) is 10.6 Å². The van der Waals surface area contributed by atoms with Crippen LogP contribution in [-0.4, -0.2) is 11.8 Å². The van der Waals surface area contributed by atoms with Crippen LogP contribution in [0.4, 0.5) is 5.69 Å². The number of furan rings is 1. The molecule has 0 spiro atoms. The van der Waals surface area contributed by atoms with Gasteiger partial charge in [-0.3, -0.25) is 9.59 Å². The van der Waals surface area contributed by atoms with Crippen molar-refractivity contribution in [2.24, 2.45) is 0 Å². The van der Waals surface area contributed by atoms with E-state index in [-0.39, 0.29) is 23.6 Å². The zero-order valence-electron chi connectivity index (χ0n) is 14.0. The molecule has 0 saturated carbocycles. The summed E-state index contributed by atoms with van der Waals surface area (Å²) in [5.41, 5.74) is 1.99. The molecule has 0 bridgehead atoms. The van der Waals surface area contributed by atoms with Gasteiger partial charge in [-0.15, -0.1) is 0 Å². The highest BCUT2D eigenvalue weighted by molar-refractivity contribution is 6.30. The third-order valence-electron chi connectivity index (χ3n) is 3.85. The van der Waals surface area contributed by atoms with Crippen molar-refractivity contribution in [1.82, 2.24) is 5.32 Å². The van der Waals surface area contributed by atoms with Crippen LogP contribution in [0.5, 0.6) is 0 Å². The predicted molar refractivity (Wildman–Crippen MR) is 100 cm³/mol. The van der Waals surface area contributed by atoms with E-state index in [1.807, 2.05) is 25.1 Å². The lowest BCUT2D eigenvalue weighted by Crippen LogP contribution is -2.26. The standard InChI is InChI=1S/C20H17ClN2O3/c1-13(15-4-2-5-16(21)12-15)22-19(24)14-7-9-17(10-8-14)23-20(25)18-6-3-11-26-18/h2-13H,1H3,(H,22,24)(H,23,25). The Labute approximate surface area is 156 Å². The smallest absolute Gasteiger partial charge is 0.291 e. The molecule has 2 aromatic carbocycles. The molecule has 3 rings (SSSR count). The summed E-state index contributed by atoms with van der Waals surface area (Å²) < 4.78 is 5.04. The Balaban J connectivity index is 1.62. The maximum Gasteiger partial charge on any atom is 0.291 e. The highest BCUT2D eigenvalue weighted by Crippen LogP contribution is 2.18. The number of carbonyl (C=O) groups is 2. The molecule has 0 fully saturated rings. The molecule has 1 atom stereocenters. The van der Waals surface area contributed by atoms with E-state index >= 15 is 0 Å². The first-order chi connectivity index (χ1) is 12.5. The van der Waals surface area contributed by atoms with Gasteiger partial charge in [-0.25, -0.2) is 0 Å². The first-order valence-electron chi connectivity index (χ1n) is 8.04. The number of carbonyl (C=O) groups excluding carboxylic acids is 2. The van der Waals surface area contributed by atoms with Gasteiger partial charge in [0, 0.05) is 16.3 Å². The first-order valence-corrected chi connectivity index (χ1v) is 8.42. The van der Waals surface area contributed by atoms with Gasteiger partial charge in [-0.2, -0.15) is 0 Å². The van der Waals surface area contributed by atoms with Crippen LogP contribution in [0.1, 0.15) is 39.4 Å². The second kappa shape index (κ2) is 7.89. The van der Waals surface area contributed by atoms with Crippen molar-refractivity contribution in [3.63, 3.8) is 0 Å². The quantitative estimate of drug-likeness (QED) is 0.687. The van der Waals surface area contributed by atoms with Crippen molar-refractivity contribution in [1.29, 1.82) is 0 Å². The highest BCUT2D eigenvalue weighted by Gasteiger charge is 2.13. The molecular weight excluding hydrogens is 352 g/mol. The van der Waals surface area contributed by atoms with Gasteiger partial charge < -0.3 is 15.1 Å². The van der Waals surface area contributed by atoms with Gasteiger partial charge in [0.15, 0.2) is 5.76 Å². The fraction of sp³-hybridized carbons (Fsp3) is 0.100. The number of amides is 2. The van der Waals surface area contributed by atoms with Crippen molar-refractivity contribution in [3.05, 3.63) is 88.8 Å². The van der Waals surface area contributed by atoms with Crippen molar-refractivity contribution in [2.75, 3.05) is 5.32 Å². The highest BCUT2D eigenvalue weighted by atomic mass is 35.5. The average Bonchev–Trinajstić information content (AvgIpc) is 3.17. The second-order valence-corrected chi connectivity index (χ2v) is 6.20. The number of nitrogens with one attached hydrogen (secondary N) is 2. The van der Waals surface area contributed by atoms with Gasteiger partial charge in [0.05, 0.1) is 12.3 Å². The summed E-state index contributed by atoms with van der Waals surface area (Å²) >= 11 is 5.98. The van der Waals surface area contributed by atoms with E-state index in [1.54, 1.807) is 42.5 Å². The summed E-state index contributed by atoms with van der Waals surface area (Å²) in [6.07, 6.45) is 1.43. The Morgan fingerprint density at radius 1 is 1.00 bits per heavy atom. The molecule has 26 heavy (non-hydrogen) atoms. The molecule has 3 aromatic rings. The van der Waals surface area contributed by atoms with E-state index in [9.17, 15) is 9.59 Å². The van der Waals surface area contributed by atoms with Crippen molar-refractivity contribution in [3.8, 4) is 0 Å². The normalized spacial score (nSPS) is 11.6. The molecule has 0 radical (unpaired) electrons. The summed E-state index contributed by atoms with van der Waals surface area (Å²) in [4.78, 5) is 24.3. The minimum atomic E-state index is -0.346. The number of hydrogen-bond donors (Lipinski definition) is 2. The van der Waals surface area contributed by atoms with Crippen LogP contribution in [0, 0.1) is 0 Å². The summed E-state index contributed by atoms with van der Waals surface area (Å²) in [7, 11) is 0. The summed E-state index contributed by atoms with van der Waals surface area (Å²) in [6.45, 7) is 1.89. The van der Waals surface area contributed by atoms with Crippen LogP contribution in [0.15, 0.2) is 71.3 Å². The van der Waals surface area contributed by atoms with Gasteiger partial charge >= 0.3 is 0 Å². The Morgan fingerprint density at radius 2 is 1.77 bits per heavy atom. The van der Waals surface area contributed by atoms with E-state index in [0.29, 0.717) is 16.3 Å². The van der Waals surface area contributed by atoms with Crippen LogP contribution in [-0.2, 0) is 0 Å². The van der Waals surface area contributed by atoms with Gasteiger partial charge in [0.1, 0.15) is 0 Å². The monoisotopic (exact) mass is 368 g/mol. The van der Waals surface area contributed by atoms with E-state index in [4.69, 9.17) is 16.0 Å². The zero-order valence-corrected chi connectivity index (χ0v) is 14.8. The Kier molecular flexibility index (Phi) is 5.39. The van der Waals surface area contributed by atoms with Crippen molar-refractivity contribution in [2.45, 2.75) is 13.0 Å². The summed E-state index contributed by atoms with van der Waals surface area (Å²) in [5.74, 6) is -0.328. The molecular formula is C20H17ClN2O3. The topological polar surface area (TPSA) is 71.3 Å². The molecule has 0 aliphatic rings. The van der Waals surface area contributed by atoms with E-state index in [0.717, 1.165) is 5.56 Å². The third kappa shape index (κ3) is 4.32. The molecule has 0 saturated heterocycles. The van der Waals surface area contributed by atoms with E-state index < -0.39 is 0 Å². The van der Waals surface area contributed by atoms with Crippen LogP contribution in [0.25, 0.3) is 0 Å².